The van der Waals surface area contributed by atoms with E-state index >= 15 is 0 Å². The molecule has 0 saturated heterocycles. The third kappa shape index (κ3) is 1.48. The van der Waals surface area contributed by atoms with Crippen molar-refractivity contribution in [3.05, 3.63) is 83.5 Å². The minimum atomic E-state index is 0.0894. The van der Waals surface area contributed by atoms with Gasteiger partial charge in [0.05, 0.1) is 0 Å². The summed E-state index contributed by atoms with van der Waals surface area (Å²) in [5, 5.41) is 0. The number of allylic oxidation sites excluding steroid dienone is 8. The van der Waals surface area contributed by atoms with Crippen molar-refractivity contribution >= 4 is 0 Å². The van der Waals surface area contributed by atoms with Gasteiger partial charge in [0, 0.05) is 17.3 Å². The van der Waals surface area contributed by atoms with Gasteiger partial charge >= 0.3 is 0 Å². The van der Waals surface area contributed by atoms with E-state index < -0.39 is 0 Å². The molecule has 0 aliphatic heterocycles. The first kappa shape index (κ1) is 12.0. The molecule has 2 unspecified atom stereocenters. The van der Waals surface area contributed by atoms with Crippen LogP contribution in [0.25, 0.3) is 0 Å². The van der Waals surface area contributed by atoms with Gasteiger partial charge in [0.15, 0.2) is 0 Å². The highest BCUT2D eigenvalue weighted by molar-refractivity contribution is 5.57. The molecule has 0 nitrogen and oxygen atoms in total. The molecular formula is C20H20. The molecule has 0 heterocycles. The van der Waals surface area contributed by atoms with E-state index in [9.17, 15) is 0 Å². The molecule has 0 aromatic heterocycles. The van der Waals surface area contributed by atoms with Crippen LogP contribution in [0.4, 0.5) is 0 Å². The Bertz CT molecular complexity index is 604. The first-order valence-corrected chi connectivity index (χ1v) is 7.62. The average molecular weight is 260 g/mol. The smallest absolute Gasteiger partial charge is 0.0354 e. The summed E-state index contributed by atoms with van der Waals surface area (Å²) in [6.45, 7) is 2.42. The fourth-order valence-corrected chi connectivity index (χ4v) is 4.29. The molecule has 0 N–H and O–H groups in total. The lowest BCUT2D eigenvalue weighted by Crippen LogP contribution is -2.24. The molecule has 3 aliphatic carbocycles. The Morgan fingerprint density at radius 1 is 0.850 bits per heavy atom. The molecule has 1 saturated carbocycles. The lowest BCUT2D eigenvalue weighted by atomic mass is 9.72. The van der Waals surface area contributed by atoms with Crippen LogP contribution in [0.5, 0.6) is 0 Å². The van der Waals surface area contributed by atoms with Gasteiger partial charge in [-0.05, 0) is 25.3 Å². The molecular weight excluding hydrogens is 240 g/mol. The topological polar surface area (TPSA) is 0 Å². The van der Waals surface area contributed by atoms with Gasteiger partial charge in [0.1, 0.15) is 0 Å². The molecule has 0 amide bonds. The Morgan fingerprint density at radius 3 is 1.95 bits per heavy atom. The van der Waals surface area contributed by atoms with Crippen molar-refractivity contribution in [2.75, 3.05) is 0 Å². The minimum absolute atomic E-state index is 0.0894. The highest BCUT2D eigenvalue weighted by Gasteiger charge is 2.49. The van der Waals surface area contributed by atoms with Crippen molar-refractivity contribution < 1.29 is 0 Å². The van der Waals surface area contributed by atoms with Crippen LogP contribution in [0.2, 0.25) is 0 Å². The van der Waals surface area contributed by atoms with Crippen molar-refractivity contribution in [3.63, 3.8) is 0 Å². The predicted molar refractivity (Wildman–Crippen MR) is 84.5 cm³/mol. The summed E-state index contributed by atoms with van der Waals surface area (Å²) in [6, 6.07) is 11.0. The molecule has 1 fully saturated rings. The number of hydrogen-bond donors (Lipinski definition) is 0. The zero-order valence-electron chi connectivity index (χ0n) is 11.9. The first-order valence-electron chi connectivity index (χ1n) is 7.62. The van der Waals surface area contributed by atoms with E-state index in [-0.39, 0.29) is 5.41 Å². The maximum Gasteiger partial charge on any atom is 0.0354 e. The summed E-state index contributed by atoms with van der Waals surface area (Å²) in [6.07, 6.45) is 16.6. The van der Waals surface area contributed by atoms with E-state index in [1.165, 1.54) is 5.56 Å². The summed E-state index contributed by atoms with van der Waals surface area (Å²) in [4.78, 5) is 0. The van der Waals surface area contributed by atoms with Crippen molar-refractivity contribution in [2.24, 2.45) is 11.8 Å². The van der Waals surface area contributed by atoms with Crippen LogP contribution in [-0.2, 0) is 5.41 Å². The van der Waals surface area contributed by atoms with E-state index in [1.807, 2.05) is 0 Å². The Balaban J connectivity index is 1.94. The summed E-state index contributed by atoms with van der Waals surface area (Å²) in [5.74, 6) is 1.13. The largest absolute Gasteiger partial charge is 0.0841 e. The van der Waals surface area contributed by atoms with Gasteiger partial charge in [-0.1, -0.05) is 77.9 Å². The van der Waals surface area contributed by atoms with Crippen molar-refractivity contribution in [3.8, 4) is 0 Å². The molecule has 0 bridgehead atoms. The molecule has 2 atom stereocenters. The second-order valence-electron chi connectivity index (χ2n) is 6.19. The Morgan fingerprint density at radius 2 is 1.40 bits per heavy atom. The first-order chi connectivity index (χ1) is 9.82. The highest BCUT2D eigenvalue weighted by Crippen LogP contribution is 2.57. The van der Waals surface area contributed by atoms with E-state index in [1.54, 1.807) is 11.1 Å². The van der Waals surface area contributed by atoms with Gasteiger partial charge in [0.2, 0.25) is 0 Å². The van der Waals surface area contributed by atoms with Crippen LogP contribution >= 0.6 is 0 Å². The summed E-state index contributed by atoms with van der Waals surface area (Å²) in [5.41, 5.74) is 4.74. The van der Waals surface area contributed by atoms with Crippen LogP contribution in [0.3, 0.4) is 0 Å². The Labute approximate surface area is 121 Å². The average Bonchev–Trinajstić information content (AvgIpc) is 2.80. The number of rotatable bonds is 1. The van der Waals surface area contributed by atoms with Crippen molar-refractivity contribution in [1.82, 2.24) is 0 Å². The molecule has 100 valence electrons. The molecule has 1 aromatic rings. The highest BCUT2D eigenvalue weighted by atomic mass is 14.5. The van der Waals surface area contributed by atoms with Crippen LogP contribution in [0.1, 0.15) is 25.3 Å². The lowest BCUT2D eigenvalue weighted by Gasteiger charge is -2.31. The third-order valence-corrected chi connectivity index (χ3v) is 5.25. The maximum absolute atomic E-state index is 2.46. The Hall–Kier alpha value is -1.82. The molecule has 20 heavy (non-hydrogen) atoms. The van der Waals surface area contributed by atoms with Gasteiger partial charge in [-0.2, -0.15) is 0 Å². The van der Waals surface area contributed by atoms with E-state index in [0.717, 1.165) is 12.8 Å². The third-order valence-electron chi connectivity index (χ3n) is 5.25. The molecule has 4 rings (SSSR count). The number of benzene rings is 1. The molecule has 0 radical (unpaired) electrons. The minimum Gasteiger partial charge on any atom is -0.0841 e. The van der Waals surface area contributed by atoms with Gasteiger partial charge in [-0.15, -0.1) is 0 Å². The van der Waals surface area contributed by atoms with Gasteiger partial charge in [-0.3, -0.25) is 0 Å². The lowest BCUT2D eigenvalue weighted by molar-refractivity contribution is 0.657. The van der Waals surface area contributed by atoms with Gasteiger partial charge in [0.25, 0.3) is 0 Å². The normalized spacial score (nSPS) is 34.2. The molecule has 3 aliphatic rings. The quantitative estimate of drug-likeness (QED) is 0.626. The molecule has 1 aromatic carbocycles. The van der Waals surface area contributed by atoms with E-state index in [0.29, 0.717) is 11.8 Å². The number of hydrogen-bond acceptors (Lipinski definition) is 0. The fourth-order valence-electron chi connectivity index (χ4n) is 4.29. The molecule has 0 heteroatoms. The number of fused-ring (bicyclic) bond motifs is 3. The van der Waals surface area contributed by atoms with Crippen molar-refractivity contribution in [1.29, 1.82) is 0 Å². The van der Waals surface area contributed by atoms with E-state index in [4.69, 9.17) is 0 Å². The van der Waals surface area contributed by atoms with Crippen LogP contribution in [-0.4, -0.2) is 0 Å². The fraction of sp³-hybridized carbons (Fsp3) is 0.300. The van der Waals surface area contributed by atoms with Gasteiger partial charge < -0.3 is 0 Å². The summed E-state index contributed by atoms with van der Waals surface area (Å²) in [7, 11) is 0. The van der Waals surface area contributed by atoms with Crippen LogP contribution in [0, 0.1) is 11.8 Å². The van der Waals surface area contributed by atoms with Gasteiger partial charge in [-0.25, -0.2) is 0 Å². The molecule has 0 spiro atoms. The zero-order chi connectivity index (χ0) is 13.6. The second kappa shape index (κ2) is 4.34. The SMILES string of the molecule is CC1(c2ccccc2)C2=CCC=CC2C2C=CCC=C21. The van der Waals surface area contributed by atoms with Crippen molar-refractivity contribution in [2.45, 2.75) is 25.2 Å². The standard InChI is InChI=1S/C20H20/c1-20(15-9-3-2-4-10-15)18-13-7-5-11-16(18)17-12-6-8-14-19(17)20/h2-6,9-14,16-17H,7-8H2,1H3. The van der Waals surface area contributed by atoms with E-state index in [2.05, 4.69) is 73.7 Å². The summed E-state index contributed by atoms with van der Waals surface area (Å²) >= 11 is 0. The van der Waals surface area contributed by atoms with Crippen LogP contribution < -0.4 is 0 Å². The maximum atomic E-state index is 2.46. The predicted octanol–water partition coefficient (Wildman–Crippen LogP) is 4.96. The summed E-state index contributed by atoms with van der Waals surface area (Å²) < 4.78 is 0. The Kier molecular flexibility index (Phi) is 2.60. The second-order valence-corrected chi connectivity index (χ2v) is 6.19. The van der Waals surface area contributed by atoms with Crippen LogP contribution in [0.15, 0.2) is 77.9 Å². The monoisotopic (exact) mass is 260 g/mol. The zero-order valence-corrected chi connectivity index (χ0v) is 11.9.